The van der Waals surface area contributed by atoms with Gasteiger partial charge in [0.05, 0.1) is 11.8 Å². The molecule has 0 aromatic carbocycles. The molecular weight excluding hydrogens is 266 g/mol. The van der Waals surface area contributed by atoms with E-state index in [0.717, 1.165) is 0 Å². The van der Waals surface area contributed by atoms with Crippen LogP contribution in [-0.2, 0) is 10.0 Å². The molecule has 106 valence electrons. The van der Waals surface area contributed by atoms with Gasteiger partial charge >= 0.3 is 0 Å². The zero-order valence-corrected chi connectivity index (χ0v) is 11.9. The first-order valence-electron chi connectivity index (χ1n) is 6.26. The van der Waals surface area contributed by atoms with Crippen LogP contribution < -0.4 is 5.32 Å². The molecule has 1 saturated heterocycles. The minimum Gasteiger partial charge on any atom is -0.393 e. The summed E-state index contributed by atoms with van der Waals surface area (Å²) in [6, 6.07) is 1.63. The number of hydrogen-bond acceptors (Lipinski definition) is 5. The fourth-order valence-corrected chi connectivity index (χ4v) is 3.94. The number of pyridine rings is 1. The quantitative estimate of drug-likeness (QED) is 0.846. The molecule has 2 unspecified atom stereocenters. The third-order valence-corrected chi connectivity index (χ3v) is 5.39. The Labute approximate surface area is 113 Å². The van der Waals surface area contributed by atoms with Crippen molar-refractivity contribution >= 4 is 15.7 Å². The molecule has 1 aromatic rings. The van der Waals surface area contributed by atoms with Crippen LogP contribution in [0.1, 0.15) is 13.3 Å². The first-order chi connectivity index (χ1) is 8.96. The molecule has 0 radical (unpaired) electrons. The number of rotatable bonds is 3. The van der Waals surface area contributed by atoms with E-state index < -0.39 is 16.1 Å². The molecule has 1 fully saturated rings. The van der Waals surface area contributed by atoms with Crippen molar-refractivity contribution in [2.24, 2.45) is 5.92 Å². The first kappa shape index (κ1) is 14.2. The smallest absolute Gasteiger partial charge is 0.246 e. The van der Waals surface area contributed by atoms with Crippen LogP contribution in [0.3, 0.4) is 0 Å². The molecule has 2 N–H and O–H groups in total. The molecule has 0 aliphatic carbocycles. The lowest BCUT2D eigenvalue weighted by Gasteiger charge is -2.33. The average molecular weight is 285 g/mol. The highest BCUT2D eigenvalue weighted by molar-refractivity contribution is 7.89. The van der Waals surface area contributed by atoms with E-state index in [1.165, 1.54) is 10.5 Å². The van der Waals surface area contributed by atoms with Gasteiger partial charge in [-0.2, -0.15) is 4.31 Å². The van der Waals surface area contributed by atoms with Crippen molar-refractivity contribution in [2.75, 3.05) is 25.5 Å². The van der Waals surface area contributed by atoms with Gasteiger partial charge in [0.25, 0.3) is 0 Å². The average Bonchev–Trinajstić information content (AvgIpc) is 2.41. The molecule has 7 heteroatoms. The minimum absolute atomic E-state index is 0.0572. The molecule has 19 heavy (non-hydrogen) atoms. The normalized spacial score (nSPS) is 25.2. The van der Waals surface area contributed by atoms with Crippen LogP contribution in [-0.4, -0.2) is 49.1 Å². The number of hydrogen-bond donors (Lipinski definition) is 2. The maximum atomic E-state index is 12.6. The highest BCUT2D eigenvalue weighted by Gasteiger charge is 2.33. The van der Waals surface area contributed by atoms with E-state index in [1.807, 2.05) is 6.92 Å². The van der Waals surface area contributed by atoms with Crippen LogP contribution in [0.4, 0.5) is 5.69 Å². The highest BCUT2D eigenvalue weighted by Crippen LogP contribution is 2.27. The number of anilines is 1. The van der Waals surface area contributed by atoms with E-state index in [4.69, 9.17) is 0 Å². The van der Waals surface area contributed by atoms with Gasteiger partial charge in [0.15, 0.2) is 0 Å². The molecule has 2 heterocycles. The number of sulfonamides is 1. The number of aromatic nitrogens is 1. The van der Waals surface area contributed by atoms with Gasteiger partial charge in [-0.1, -0.05) is 6.92 Å². The summed E-state index contributed by atoms with van der Waals surface area (Å²) in [5, 5.41) is 12.6. The molecule has 2 rings (SSSR count). The Morgan fingerprint density at radius 1 is 1.53 bits per heavy atom. The van der Waals surface area contributed by atoms with Gasteiger partial charge in [0, 0.05) is 32.5 Å². The fourth-order valence-electron chi connectivity index (χ4n) is 2.24. The summed E-state index contributed by atoms with van der Waals surface area (Å²) in [7, 11) is -1.89. The van der Waals surface area contributed by atoms with Crippen LogP contribution in [0.2, 0.25) is 0 Å². The third kappa shape index (κ3) is 2.72. The molecule has 6 nitrogen and oxygen atoms in total. The van der Waals surface area contributed by atoms with Gasteiger partial charge < -0.3 is 10.4 Å². The minimum atomic E-state index is -3.56. The lowest BCUT2D eigenvalue weighted by Crippen LogP contribution is -2.45. The largest absolute Gasteiger partial charge is 0.393 e. The van der Waals surface area contributed by atoms with Crippen molar-refractivity contribution in [1.82, 2.24) is 9.29 Å². The van der Waals surface area contributed by atoms with Crippen molar-refractivity contribution in [1.29, 1.82) is 0 Å². The van der Waals surface area contributed by atoms with E-state index >= 15 is 0 Å². The van der Waals surface area contributed by atoms with E-state index in [2.05, 4.69) is 10.3 Å². The Bertz CT molecular complexity index is 547. The summed E-state index contributed by atoms with van der Waals surface area (Å²) in [5.74, 6) is -0.0572. The van der Waals surface area contributed by atoms with Crippen LogP contribution in [0.25, 0.3) is 0 Å². The molecule has 0 spiro atoms. The van der Waals surface area contributed by atoms with E-state index in [1.54, 1.807) is 19.3 Å². The second kappa shape index (κ2) is 5.44. The Hall–Kier alpha value is -1.18. The Kier molecular flexibility index (Phi) is 4.07. The maximum Gasteiger partial charge on any atom is 0.246 e. The van der Waals surface area contributed by atoms with Crippen molar-refractivity contribution in [3.8, 4) is 0 Å². The molecule has 0 amide bonds. The molecule has 0 bridgehead atoms. The highest BCUT2D eigenvalue weighted by atomic mass is 32.2. The Balaban J connectivity index is 2.32. The summed E-state index contributed by atoms with van der Waals surface area (Å²) in [5.41, 5.74) is 0.536. The van der Waals surface area contributed by atoms with Crippen molar-refractivity contribution in [3.05, 3.63) is 18.5 Å². The van der Waals surface area contributed by atoms with Gasteiger partial charge in [-0.25, -0.2) is 8.42 Å². The van der Waals surface area contributed by atoms with Crippen molar-refractivity contribution in [3.63, 3.8) is 0 Å². The third-order valence-electron chi connectivity index (χ3n) is 3.49. The predicted octanol–water partition coefficient (Wildman–Crippen LogP) is 0.515. The van der Waals surface area contributed by atoms with E-state index in [9.17, 15) is 13.5 Å². The number of aliphatic hydroxyl groups is 1. The summed E-state index contributed by atoms with van der Waals surface area (Å²) in [6.07, 6.45) is 2.95. The summed E-state index contributed by atoms with van der Waals surface area (Å²) in [4.78, 5) is 4.07. The van der Waals surface area contributed by atoms with Crippen LogP contribution >= 0.6 is 0 Å². The fraction of sp³-hybridized carbons (Fsp3) is 0.583. The summed E-state index contributed by atoms with van der Waals surface area (Å²) in [6.45, 7) is 2.53. The van der Waals surface area contributed by atoms with Gasteiger partial charge in [-0.3, -0.25) is 4.98 Å². The lowest BCUT2D eigenvalue weighted by atomic mass is 9.99. The molecular formula is C12H19N3O3S. The maximum absolute atomic E-state index is 12.6. The molecule has 1 aliphatic rings. The molecule has 2 atom stereocenters. The first-order valence-corrected chi connectivity index (χ1v) is 7.71. The second-order valence-electron chi connectivity index (χ2n) is 4.82. The Morgan fingerprint density at radius 2 is 2.26 bits per heavy atom. The number of aliphatic hydroxyl groups excluding tert-OH is 1. The second-order valence-corrected chi connectivity index (χ2v) is 6.72. The van der Waals surface area contributed by atoms with Gasteiger partial charge in [-0.15, -0.1) is 0 Å². The SMILES string of the molecule is CNc1ccncc1S(=O)(=O)N1CCC(O)C(C)C1. The number of nitrogens with zero attached hydrogens (tertiary/aromatic N) is 2. The lowest BCUT2D eigenvalue weighted by molar-refractivity contribution is 0.0629. The van der Waals surface area contributed by atoms with Crippen LogP contribution in [0, 0.1) is 5.92 Å². The number of piperidine rings is 1. The molecule has 0 saturated carbocycles. The standard InChI is InChI=1S/C12H19N3O3S/c1-9-8-15(6-4-11(9)16)19(17,18)12-7-14-5-3-10(12)13-2/h3,5,7,9,11,16H,4,6,8H2,1-2H3,(H,13,14). The van der Waals surface area contributed by atoms with Crippen molar-refractivity contribution < 1.29 is 13.5 Å². The zero-order valence-electron chi connectivity index (χ0n) is 11.1. The summed E-state index contributed by atoms with van der Waals surface area (Å²) >= 11 is 0. The van der Waals surface area contributed by atoms with Gasteiger partial charge in [0.1, 0.15) is 4.90 Å². The molecule has 1 aliphatic heterocycles. The van der Waals surface area contributed by atoms with Crippen LogP contribution in [0.15, 0.2) is 23.4 Å². The van der Waals surface area contributed by atoms with Gasteiger partial charge in [-0.05, 0) is 18.4 Å². The Morgan fingerprint density at radius 3 is 2.89 bits per heavy atom. The monoisotopic (exact) mass is 285 g/mol. The van der Waals surface area contributed by atoms with E-state index in [-0.39, 0.29) is 10.8 Å². The zero-order chi connectivity index (χ0) is 14.0. The predicted molar refractivity (Wildman–Crippen MR) is 72.3 cm³/mol. The van der Waals surface area contributed by atoms with Crippen molar-refractivity contribution in [2.45, 2.75) is 24.3 Å². The molecule has 1 aromatic heterocycles. The number of nitrogens with one attached hydrogen (secondary N) is 1. The summed E-state index contributed by atoms with van der Waals surface area (Å²) < 4.78 is 26.6. The van der Waals surface area contributed by atoms with Gasteiger partial charge in [0.2, 0.25) is 10.0 Å². The van der Waals surface area contributed by atoms with Crippen LogP contribution in [0.5, 0.6) is 0 Å². The topological polar surface area (TPSA) is 82.5 Å². The van der Waals surface area contributed by atoms with E-state index in [0.29, 0.717) is 25.2 Å².